The van der Waals surface area contributed by atoms with Crippen LogP contribution in [0.2, 0.25) is 0 Å². The summed E-state index contributed by atoms with van der Waals surface area (Å²) in [6, 6.07) is 27.4. The van der Waals surface area contributed by atoms with E-state index in [1.165, 1.54) is 0 Å². The van der Waals surface area contributed by atoms with Crippen LogP contribution < -0.4 is 10.1 Å². The lowest BCUT2D eigenvalue weighted by molar-refractivity contribution is -0.136. The number of ether oxygens (including phenoxy) is 1. The Kier molecular flexibility index (Phi) is 8.06. The molecule has 1 amide bonds. The van der Waals surface area contributed by atoms with Gasteiger partial charge in [-0.3, -0.25) is 9.59 Å². The summed E-state index contributed by atoms with van der Waals surface area (Å²) in [4.78, 5) is 25.4. The van der Waals surface area contributed by atoms with Crippen LogP contribution in [0.15, 0.2) is 89.8 Å². The van der Waals surface area contributed by atoms with Gasteiger partial charge in [-0.2, -0.15) is 0 Å². The maximum Gasteiger partial charge on any atom is 0.303 e. The molecule has 4 aromatic rings. The Morgan fingerprint density at radius 2 is 1.69 bits per heavy atom. The zero-order chi connectivity index (χ0) is 24.6. The van der Waals surface area contributed by atoms with Crippen molar-refractivity contribution in [3.05, 3.63) is 107 Å². The monoisotopic (exact) mass is 485 g/mol. The number of benzene rings is 4. The SMILES string of the molecule is CSc1ccccc1OCc1ccc(CCC(=O)O)c(C(=O)NCc2cccc3ccccc23)c1. The van der Waals surface area contributed by atoms with Gasteiger partial charge < -0.3 is 15.2 Å². The molecule has 0 radical (unpaired) electrons. The molecule has 0 aliphatic rings. The van der Waals surface area contributed by atoms with E-state index in [1.807, 2.05) is 85.1 Å². The molecule has 35 heavy (non-hydrogen) atoms. The highest BCUT2D eigenvalue weighted by Gasteiger charge is 2.15. The number of para-hydroxylation sites is 1. The molecule has 0 heterocycles. The molecule has 0 spiro atoms. The van der Waals surface area contributed by atoms with E-state index in [2.05, 4.69) is 5.32 Å². The van der Waals surface area contributed by atoms with Crippen LogP contribution in [0.1, 0.15) is 33.5 Å². The number of carbonyl (C=O) groups excluding carboxylic acids is 1. The van der Waals surface area contributed by atoms with Gasteiger partial charge in [0.2, 0.25) is 0 Å². The van der Waals surface area contributed by atoms with E-state index in [0.29, 0.717) is 24.3 Å². The Labute approximate surface area is 209 Å². The van der Waals surface area contributed by atoms with E-state index in [1.54, 1.807) is 17.8 Å². The Bertz CT molecular complexity index is 1350. The summed E-state index contributed by atoms with van der Waals surface area (Å²) in [7, 11) is 0. The van der Waals surface area contributed by atoms with Crippen LogP contribution in [0.25, 0.3) is 10.8 Å². The van der Waals surface area contributed by atoms with Crippen LogP contribution in [-0.4, -0.2) is 23.2 Å². The fourth-order valence-corrected chi connectivity index (χ4v) is 4.54. The molecule has 4 aromatic carbocycles. The maximum absolute atomic E-state index is 13.2. The minimum absolute atomic E-state index is 0.0411. The van der Waals surface area contributed by atoms with Crippen molar-refractivity contribution in [2.45, 2.75) is 30.9 Å². The van der Waals surface area contributed by atoms with Crippen molar-refractivity contribution >= 4 is 34.4 Å². The molecule has 0 saturated carbocycles. The fourth-order valence-electron chi connectivity index (χ4n) is 4.00. The van der Waals surface area contributed by atoms with E-state index >= 15 is 0 Å². The van der Waals surface area contributed by atoms with Crippen LogP contribution in [0, 0.1) is 0 Å². The van der Waals surface area contributed by atoms with Crippen LogP contribution in [-0.2, 0) is 24.4 Å². The third-order valence-electron chi connectivity index (χ3n) is 5.81. The van der Waals surface area contributed by atoms with Gasteiger partial charge in [-0.15, -0.1) is 11.8 Å². The molecule has 0 aromatic heterocycles. The normalized spacial score (nSPS) is 10.8. The Morgan fingerprint density at radius 3 is 2.51 bits per heavy atom. The van der Waals surface area contributed by atoms with E-state index in [0.717, 1.165) is 32.5 Å². The molecule has 0 atom stereocenters. The van der Waals surface area contributed by atoms with Crippen molar-refractivity contribution in [3.8, 4) is 5.75 Å². The number of nitrogens with one attached hydrogen (secondary N) is 1. The molecule has 5 nitrogen and oxygen atoms in total. The smallest absolute Gasteiger partial charge is 0.303 e. The standard InChI is InChI=1S/C29H27NO4S/c1-35-27-12-5-4-11-26(27)34-19-20-13-14-22(15-16-28(31)32)25(17-20)29(33)30-18-23-9-6-8-21-7-2-3-10-24(21)23/h2-14,17H,15-16,18-19H2,1H3,(H,30,33)(H,31,32). The number of amides is 1. The number of hydrogen-bond acceptors (Lipinski definition) is 4. The van der Waals surface area contributed by atoms with Crippen molar-refractivity contribution in [2.75, 3.05) is 6.26 Å². The summed E-state index contributed by atoms with van der Waals surface area (Å²) in [5, 5.41) is 14.4. The Morgan fingerprint density at radius 1 is 0.914 bits per heavy atom. The lowest BCUT2D eigenvalue weighted by atomic mass is 9.99. The first-order valence-electron chi connectivity index (χ1n) is 11.4. The van der Waals surface area contributed by atoms with Crippen molar-refractivity contribution in [1.82, 2.24) is 5.32 Å². The number of aryl methyl sites for hydroxylation is 1. The Hall–Kier alpha value is -3.77. The number of thioether (sulfide) groups is 1. The summed E-state index contributed by atoms with van der Waals surface area (Å²) >= 11 is 1.61. The zero-order valence-corrected chi connectivity index (χ0v) is 20.3. The van der Waals surface area contributed by atoms with E-state index < -0.39 is 5.97 Å². The summed E-state index contributed by atoms with van der Waals surface area (Å²) in [6.45, 7) is 0.681. The second-order valence-electron chi connectivity index (χ2n) is 8.15. The van der Waals surface area contributed by atoms with Crippen molar-refractivity contribution in [2.24, 2.45) is 0 Å². The molecule has 0 unspecified atom stereocenters. The predicted octanol–water partition coefficient (Wildman–Crippen LogP) is 6.09. The number of aliphatic carboxylic acids is 1. The molecule has 2 N–H and O–H groups in total. The van der Waals surface area contributed by atoms with E-state index in [-0.39, 0.29) is 18.7 Å². The minimum atomic E-state index is -0.895. The molecule has 0 fully saturated rings. The summed E-state index contributed by atoms with van der Waals surface area (Å²) < 4.78 is 6.02. The maximum atomic E-state index is 13.2. The highest BCUT2D eigenvalue weighted by Crippen LogP contribution is 2.28. The molecular weight excluding hydrogens is 458 g/mol. The molecular formula is C29H27NO4S. The summed E-state index contributed by atoms with van der Waals surface area (Å²) in [6.07, 6.45) is 2.24. The third kappa shape index (κ3) is 6.22. The number of hydrogen-bond donors (Lipinski definition) is 2. The number of fused-ring (bicyclic) bond motifs is 1. The average molecular weight is 486 g/mol. The lowest BCUT2D eigenvalue weighted by Gasteiger charge is -2.14. The largest absolute Gasteiger partial charge is 0.488 e. The number of rotatable bonds is 10. The van der Waals surface area contributed by atoms with Crippen LogP contribution in [0.4, 0.5) is 0 Å². The first kappa shape index (κ1) is 24.4. The highest BCUT2D eigenvalue weighted by molar-refractivity contribution is 7.98. The second-order valence-corrected chi connectivity index (χ2v) is 8.99. The van der Waals surface area contributed by atoms with Crippen molar-refractivity contribution in [1.29, 1.82) is 0 Å². The van der Waals surface area contributed by atoms with E-state index in [4.69, 9.17) is 9.84 Å². The zero-order valence-electron chi connectivity index (χ0n) is 19.5. The van der Waals surface area contributed by atoms with Gasteiger partial charge in [-0.1, -0.05) is 66.7 Å². The fraction of sp³-hybridized carbons (Fsp3) is 0.172. The molecule has 6 heteroatoms. The van der Waals surface area contributed by atoms with Gasteiger partial charge in [0.1, 0.15) is 12.4 Å². The van der Waals surface area contributed by atoms with Gasteiger partial charge in [0.05, 0.1) is 0 Å². The van der Waals surface area contributed by atoms with Crippen molar-refractivity contribution in [3.63, 3.8) is 0 Å². The van der Waals surface area contributed by atoms with Gasteiger partial charge in [-0.25, -0.2) is 0 Å². The molecule has 178 valence electrons. The molecule has 0 aliphatic heterocycles. The van der Waals surface area contributed by atoms with Gasteiger partial charge in [0.25, 0.3) is 5.91 Å². The molecule has 0 bridgehead atoms. The third-order valence-corrected chi connectivity index (χ3v) is 6.59. The van der Waals surface area contributed by atoms with E-state index in [9.17, 15) is 9.59 Å². The highest BCUT2D eigenvalue weighted by atomic mass is 32.2. The summed E-state index contributed by atoms with van der Waals surface area (Å²) in [5.41, 5.74) is 3.05. The Balaban J connectivity index is 1.54. The predicted molar refractivity (Wildman–Crippen MR) is 140 cm³/mol. The van der Waals surface area contributed by atoms with Crippen LogP contribution in [0.5, 0.6) is 5.75 Å². The second kappa shape index (κ2) is 11.6. The molecule has 4 rings (SSSR count). The topological polar surface area (TPSA) is 75.6 Å². The quantitative estimate of drug-likeness (QED) is 0.266. The van der Waals surface area contributed by atoms with Gasteiger partial charge in [0.15, 0.2) is 0 Å². The van der Waals surface area contributed by atoms with Crippen molar-refractivity contribution < 1.29 is 19.4 Å². The minimum Gasteiger partial charge on any atom is -0.488 e. The molecule has 0 aliphatic carbocycles. The van der Waals surface area contributed by atoms with Crippen LogP contribution >= 0.6 is 11.8 Å². The van der Waals surface area contributed by atoms with Gasteiger partial charge >= 0.3 is 5.97 Å². The number of carboxylic acid groups (broad SMARTS) is 1. The number of carbonyl (C=O) groups is 2. The molecule has 0 saturated heterocycles. The first-order valence-corrected chi connectivity index (χ1v) is 12.6. The lowest BCUT2D eigenvalue weighted by Crippen LogP contribution is -2.24. The average Bonchev–Trinajstić information content (AvgIpc) is 2.89. The van der Waals surface area contributed by atoms with Gasteiger partial charge in [-0.05, 0) is 58.3 Å². The van der Waals surface area contributed by atoms with Crippen LogP contribution in [0.3, 0.4) is 0 Å². The van der Waals surface area contributed by atoms with Gasteiger partial charge in [0, 0.05) is 23.4 Å². The number of carboxylic acids is 1. The first-order chi connectivity index (χ1) is 17.0. The summed E-state index contributed by atoms with van der Waals surface area (Å²) in [5.74, 6) is -0.338.